The number of anilines is 1. The maximum Gasteiger partial charge on any atom is 0.134 e. The summed E-state index contributed by atoms with van der Waals surface area (Å²) in [7, 11) is 0. The van der Waals surface area contributed by atoms with Crippen molar-refractivity contribution in [3.63, 3.8) is 0 Å². The van der Waals surface area contributed by atoms with E-state index >= 15 is 0 Å². The predicted molar refractivity (Wildman–Crippen MR) is 113 cm³/mol. The standard InChI is InChI=1S/C23H20N2.ClH/c1-17-8-7-12-20(14-17)22-15-19-11-5-6-13-21(19)23(25-22)24-16-18-9-3-2-4-10-18;/h2-15H,16H2,1H3,(H,24,25);1H. The lowest BCUT2D eigenvalue weighted by Gasteiger charge is -2.12. The van der Waals surface area contributed by atoms with Crippen LogP contribution in [0.5, 0.6) is 0 Å². The summed E-state index contributed by atoms with van der Waals surface area (Å²) in [4.78, 5) is 4.92. The Bertz CT molecular complexity index is 1010. The molecular weight excluding hydrogens is 340 g/mol. The van der Waals surface area contributed by atoms with Gasteiger partial charge in [0.1, 0.15) is 5.82 Å². The number of hydrogen-bond donors (Lipinski definition) is 1. The zero-order valence-electron chi connectivity index (χ0n) is 14.6. The second-order valence-corrected chi connectivity index (χ2v) is 6.29. The second-order valence-electron chi connectivity index (χ2n) is 6.29. The highest BCUT2D eigenvalue weighted by atomic mass is 35.5. The van der Waals surface area contributed by atoms with Crippen molar-refractivity contribution in [3.05, 3.63) is 96.1 Å². The number of hydrogen-bond acceptors (Lipinski definition) is 2. The van der Waals surface area contributed by atoms with Crippen LogP contribution >= 0.6 is 12.4 Å². The third-order valence-electron chi connectivity index (χ3n) is 4.36. The summed E-state index contributed by atoms with van der Waals surface area (Å²) < 4.78 is 0. The predicted octanol–water partition coefficient (Wildman–Crippen LogP) is 6.24. The molecule has 0 saturated carbocycles. The molecule has 0 fully saturated rings. The molecule has 0 amide bonds. The van der Waals surface area contributed by atoms with Gasteiger partial charge in [-0.05, 0) is 30.0 Å². The molecular formula is C23H21ClN2. The second kappa shape index (κ2) is 8.03. The van der Waals surface area contributed by atoms with E-state index in [-0.39, 0.29) is 12.4 Å². The van der Waals surface area contributed by atoms with Gasteiger partial charge in [-0.25, -0.2) is 4.98 Å². The van der Waals surface area contributed by atoms with E-state index < -0.39 is 0 Å². The first-order valence-corrected chi connectivity index (χ1v) is 8.54. The SMILES string of the molecule is Cc1cccc(-c2cc3ccccc3c(NCc3ccccc3)n2)c1.Cl. The van der Waals surface area contributed by atoms with Crippen LogP contribution in [0, 0.1) is 6.92 Å². The quantitative estimate of drug-likeness (QED) is 0.465. The number of rotatable bonds is 4. The van der Waals surface area contributed by atoms with Crippen LogP contribution in [0.25, 0.3) is 22.0 Å². The van der Waals surface area contributed by atoms with Gasteiger partial charge in [-0.15, -0.1) is 12.4 Å². The lowest BCUT2D eigenvalue weighted by molar-refractivity contribution is 1.12. The van der Waals surface area contributed by atoms with Gasteiger partial charge in [0.25, 0.3) is 0 Å². The molecule has 0 spiro atoms. The average molecular weight is 361 g/mol. The summed E-state index contributed by atoms with van der Waals surface area (Å²) in [6, 6.07) is 29.5. The third kappa shape index (κ3) is 3.87. The summed E-state index contributed by atoms with van der Waals surface area (Å²) in [5.74, 6) is 0.929. The molecule has 4 rings (SSSR count). The smallest absolute Gasteiger partial charge is 0.134 e. The first-order valence-electron chi connectivity index (χ1n) is 8.54. The zero-order valence-corrected chi connectivity index (χ0v) is 15.5. The molecule has 0 bridgehead atoms. The largest absolute Gasteiger partial charge is 0.365 e. The van der Waals surface area contributed by atoms with Crippen molar-refractivity contribution in [3.8, 4) is 11.3 Å². The van der Waals surface area contributed by atoms with Crippen LogP contribution in [0.15, 0.2) is 84.9 Å². The summed E-state index contributed by atoms with van der Waals surface area (Å²) in [5.41, 5.74) is 4.63. The summed E-state index contributed by atoms with van der Waals surface area (Å²) in [6.07, 6.45) is 0. The number of benzene rings is 3. The normalized spacial score (nSPS) is 10.3. The average Bonchev–Trinajstić information content (AvgIpc) is 2.67. The lowest BCUT2D eigenvalue weighted by atomic mass is 10.0. The fraction of sp³-hybridized carbons (Fsp3) is 0.0870. The fourth-order valence-corrected chi connectivity index (χ4v) is 3.07. The van der Waals surface area contributed by atoms with E-state index in [1.807, 2.05) is 6.07 Å². The molecule has 3 heteroatoms. The Balaban J connectivity index is 0.00000196. The molecule has 0 aliphatic rings. The molecule has 0 atom stereocenters. The molecule has 0 radical (unpaired) electrons. The van der Waals surface area contributed by atoms with Gasteiger partial charge in [-0.1, -0.05) is 78.4 Å². The van der Waals surface area contributed by atoms with Gasteiger partial charge in [0, 0.05) is 17.5 Å². The molecule has 2 nitrogen and oxygen atoms in total. The van der Waals surface area contributed by atoms with E-state index in [2.05, 4.69) is 91.1 Å². The molecule has 130 valence electrons. The number of halogens is 1. The molecule has 0 aliphatic heterocycles. The summed E-state index contributed by atoms with van der Waals surface area (Å²) in [5, 5.41) is 5.86. The van der Waals surface area contributed by atoms with E-state index in [0.717, 1.165) is 29.0 Å². The van der Waals surface area contributed by atoms with Crippen LogP contribution < -0.4 is 5.32 Å². The molecule has 3 aromatic carbocycles. The zero-order chi connectivity index (χ0) is 17.1. The lowest BCUT2D eigenvalue weighted by Crippen LogP contribution is -2.03. The Hall–Kier alpha value is -2.84. The monoisotopic (exact) mass is 360 g/mol. The molecule has 1 heterocycles. The van der Waals surface area contributed by atoms with E-state index in [1.54, 1.807) is 0 Å². The molecule has 1 N–H and O–H groups in total. The first kappa shape index (κ1) is 18.0. The van der Waals surface area contributed by atoms with Crippen molar-refractivity contribution in [1.82, 2.24) is 4.98 Å². The van der Waals surface area contributed by atoms with E-state index in [0.29, 0.717) is 0 Å². The van der Waals surface area contributed by atoms with Gasteiger partial charge in [0.05, 0.1) is 5.69 Å². The van der Waals surface area contributed by atoms with Gasteiger partial charge >= 0.3 is 0 Å². The van der Waals surface area contributed by atoms with Crippen LogP contribution in [0.1, 0.15) is 11.1 Å². The van der Waals surface area contributed by atoms with Gasteiger partial charge in [0.15, 0.2) is 0 Å². The number of pyridine rings is 1. The van der Waals surface area contributed by atoms with Crippen LogP contribution in [0.4, 0.5) is 5.82 Å². The number of aryl methyl sites for hydroxylation is 1. The molecule has 1 aromatic heterocycles. The minimum atomic E-state index is 0. The van der Waals surface area contributed by atoms with Crippen molar-refractivity contribution in [2.45, 2.75) is 13.5 Å². The highest BCUT2D eigenvalue weighted by Gasteiger charge is 2.08. The molecule has 0 unspecified atom stereocenters. The Morgan fingerprint density at radius 3 is 2.38 bits per heavy atom. The Morgan fingerprint density at radius 1 is 0.808 bits per heavy atom. The van der Waals surface area contributed by atoms with E-state index in [4.69, 9.17) is 4.98 Å². The number of nitrogens with zero attached hydrogens (tertiary/aromatic N) is 1. The number of aromatic nitrogens is 1. The van der Waals surface area contributed by atoms with Gasteiger partial charge in [0.2, 0.25) is 0 Å². The number of nitrogens with one attached hydrogen (secondary N) is 1. The van der Waals surface area contributed by atoms with Crippen molar-refractivity contribution >= 4 is 29.0 Å². The molecule has 26 heavy (non-hydrogen) atoms. The number of fused-ring (bicyclic) bond motifs is 1. The van der Waals surface area contributed by atoms with Gasteiger partial charge in [-0.2, -0.15) is 0 Å². The third-order valence-corrected chi connectivity index (χ3v) is 4.36. The minimum absolute atomic E-state index is 0. The van der Waals surface area contributed by atoms with E-state index in [1.165, 1.54) is 16.5 Å². The molecule has 0 aliphatic carbocycles. The van der Waals surface area contributed by atoms with Crippen molar-refractivity contribution < 1.29 is 0 Å². The minimum Gasteiger partial charge on any atom is -0.365 e. The summed E-state index contributed by atoms with van der Waals surface area (Å²) in [6.45, 7) is 2.87. The fourth-order valence-electron chi connectivity index (χ4n) is 3.07. The highest BCUT2D eigenvalue weighted by Crippen LogP contribution is 2.28. The van der Waals surface area contributed by atoms with Crippen molar-refractivity contribution in [2.24, 2.45) is 0 Å². The maximum atomic E-state index is 4.92. The maximum absolute atomic E-state index is 4.92. The molecule has 4 aromatic rings. The van der Waals surface area contributed by atoms with Crippen molar-refractivity contribution in [1.29, 1.82) is 0 Å². The van der Waals surface area contributed by atoms with Gasteiger partial charge < -0.3 is 5.32 Å². The van der Waals surface area contributed by atoms with Crippen LogP contribution in [-0.2, 0) is 6.54 Å². The first-order chi connectivity index (χ1) is 12.3. The Labute approximate surface area is 160 Å². The molecule has 0 saturated heterocycles. The van der Waals surface area contributed by atoms with Crippen molar-refractivity contribution in [2.75, 3.05) is 5.32 Å². The Kier molecular flexibility index (Phi) is 5.55. The topological polar surface area (TPSA) is 24.9 Å². The summed E-state index contributed by atoms with van der Waals surface area (Å²) >= 11 is 0. The van der Waals surface area contributed by atoms with Crippen LogP contribution in [0.2, 0.25) is 0 Å². The van der Waals surface area contributed by atoms with Gasteiger partial charge in [-0.3, -0.25) is 0 Å². The Morgan fingerprint density at radius 2 is 1.58 bits per heavy atom. The highest BCUT2D eigenvalue weighted by molar-refractivity contribution is 5.94. The van der Waals surface area contributed by atoms with Crippen LogP contribution in [0.3, 0.4) is 0 Å². The van der Waals surface area contributed by atoms with E-state index in [9.17, 15) is 0 Å². The van der Waals surface area contributed by atoms with Crippen LogP contribution in [-0.4, -0.2) is 4.98 Å².